The SMILES string of the molecule is CCCCNC(=O)c1ccc(CNC(=O)N2CCC(C)(C(=O)O)C2)cc1. The van der Waals surface area contributed by atoms with Gasteiger partial charge in [-0.25, -0.2) is 4.79 Å². The maximum Gasteiger partial charge on any atom is 0.317 e. The molecule has 0 radical (unpaired) electrons. The highest BCUT2D eigenvalue weighted by molar-refractivity contribution is 5.94. The molecule has 1 heterocycles. The Bertz CT molecular complexity index is 659. The number of nitrogens with zero attached hydrogens (tertiary/aromatic N) is 1. The van der Waals surface area contributed by atoms with E-state index in [0.717, 1.165) is 18.4 Å². The van der Waals surface area contributed by atoms with Gasteiger partial charge in [-0.1, -0.05) is 25.5 Å². The van der Waals surface area contributed by atoms with E-state index >= 15 is 0 Å². The minimum absolute atomic E-state index is 0.0981. The molecule has 0 bridgehead atoms. The van der Waals surface area contributed by atoms with E-state index in [0.29, 0.717) is 31.6 Å². The minimum atomic E-state index is -0.874. The number of likely N-dealkylation sites (tertiary alicyclic amines) is 1. The quantitative estimate of drug-likeness (QED) is 0.649. The highest BCUT2D eigenvalue weighted by atomic mass is 16.4. The van der Waals surface area contributed by atoms with E-state index in [2.05, 4.69) is 17.6 Å². The number of amides is 3. The predicted molar refractivity (Wildman–Crippen MR) is 97.9 cm³/mol. The van der Waals surface area contributed by atoms with Crippen molar-refractivity contribution in [2.45, 2.75) is 39.7 Å². The second-order valence-corrected chi connectivity index (χ2v) is 7.00. The molecule has 1 fully saturated rings. The standard InChI is InChI=1S/C19H27N3O4/c1-3-4-10-20-16(23)15-7-5-14(6-8-15)12-21-18(26)22-11-9-19(2,13-22)17(24)25/h5-8H,3-4,9-13H2,1-2H3,(H,20,23)(H,21,26)(H,24,25). The lowest BCUT2D eigenvalue weighted by Gasteiger charge is -2.20. The van der Waals surface area contributed by atoms with Crippen molar-refractivity contribution in [1.82, 2.24) is 15.5 Å². The van der Waals surface area contributed by atoms with E-state index < -0.39 is 11.4 Å². The zero-order valence-electron chi connectivity index (χ0n) is 15.4. The van der Waals surface area contributed by atoms with Crippen molar-refractivity contribution in [3.8, 4) is 0 Å². The summed E-state index contributed by atoms with van der Waals surface area (Å²) in [5, 5.41) is 14.9. The summed E-state index contributed by atoms with van der Waals surface area (Å²) in [6.45, 7) is 5.37. The summed E-state index contributed by atoms with van der Waals surface area (Å²) in [5.74, 6) is -0.973. The van der Waals surface area contributed by atoms with Crippen molar-refractivity contribution in [2.24, 2.45) is 5.41 Å². The lowest BCUT2D eigenvalue weighted by atomic mass is 9.90. The van der Waals surface area contributed by atoms with Crippen LogP contribution < -0.4 is 10.6 Å². The van der Waals surface area contributed by atoms with E-state index in [9.17, 15) is 19.5 Å². The minimum Gasteiger partial charge on any atom is -0.481 e. The summed E-state index contributed by atoms with van der Waals surface area (Å²) < 4.78 is 0. The average Bonchev–Trinajstić information content (AvgIpc) is 3.04. The predicted octanol–water partition coefficient (Wildman–Crippen LogP) is 2.22. The lowest BCUT2D eigenvalue weighted by molar-refractivity contribution is -0.147. The summed E-state index contributed by atoms with van der Waals surface area (Å²) in [6, 6.07) is 6.82. The highest BCUT2D eigenvalue weighted by Crippen LogP contribution is 2.29. The third-order valence-corrected chi connectivity index (χ3v) is 4.75. The molecule has 1 aromatic carbocycles. The molecule has 7 heteroatoms. The van der Waals surface area contributed by atoms with Gasteiger partial charge >= 0.3 is 12.0 Å². The number of carboxylic acid groups (broad SMARTS) is 1. The molecular formula is C19H27N3O4. The van der Waals surface area contributed by atoms with Gasteiger partial charge in [-0.15, -0.1) is 0 Å². The Morgan fingerprint density at radius 1 is 1.19 bits per heavy atom. The van der Waals surface area contributed by atoms with E-state index in [4.69, 9.17) is 0 Å². The van der Waals surface area contributed by atoms with Gasteiger partial charge in [0.25, 0.3) is 5.91 Å². The number of hydrogen-bond donors (Lipinski definition) is 3. The molecule has 3 N–H and O–H groups in total. The van der Waals surface area contributed by atoms with E-state index in [1.807, 2.05) is 0 Å². The topological polar surface area (TPSA) is 98.7 Å². The molecule has 1 saturated heterocycles. The molecule has 1 aliphatic rings. The molecule has 1 aliphatic heterocycles. The summed E-state index contributed by atoms with van der Waals surface area (Å²) in [6.07, 6.45) is 2.44. The monoisotopic (exact) mass is 361 g/mol. The Hall–Kier alpha value is -2.57. The Morgan fingerprint density at radius 3 is 2.46 bits per heavy atom. The molecule has 3 amide bonds. The number of carboxylic acids is 1. The normalized spacial score (nSPS) is 19.2. The molecule has 0 spiro atoms. The first-order valence-electron chi connectivity index (χ1n) is 8.99. The second-order valence-electron chi connectivity index (χ2n) is 7.00. The second kappa shape index (κ2) is 8.69. The Labute approximate surface area is 153 Å². The van der Waals surface area contributed by atoms with Crippen LogP contribution in [0.3, 0.4) is 0 Å². The van der Waals surface area contributed by atoms with Gasteiger partial charge in [-0.05, 0) is 37.5 Å². The number of urea groups is 1. The van der Waals surface area contributed by atoms with Gasteiger partial charge in [0.2, 0.25) is 0 Å². The van der Waals surface area contributed by atoms with Crippen molar-refractivity contribution < 1.29 is 19.5 Å². The maximum absolute atomic E-state index is 12.2. The number of carbonyl (C=O) groups excluding carboxylic acids is 2. The molecule has 1 aromatic rings. The van der Waals surface area contributed by atoms with Crippen LogP contribution in [0.15, 0.2) is 24.3 Å². The molecule has 1 unspecified atom stereocenters. The number of carbonyl (C=O) groups is 3. The Kier molecular flexibility index (Phi) is 6.60. The fourth-order valence-corrected chi connectivity index (χ4v) is 2.85. The van der Waals surface area contributed by atoms with Gasteiger partial charge < -0.3 is 20.6 Å². The third-order valence-electron chi connectivity index (χ3n) is 4.75. The van der Waals surface area contributed by atoms with Crippen molar-refractivity contribution in [3.63, 3.8) is 0 Å². The molecule has 0 aliphatic carbocycles. The van der Waals surface area contributed by atoms with Gasteiger partial charge in [0, 0.05) is 31.7 Å². The zero-order valence-corrected chi connectivity index (χ0v) is 15.4. The first-order chi connectivity index (χ1) is 12.4. The number of rotatable bonds is 7. The van der Waals surface area contributed by atoms with Crippen LogP contribution in [-0.4, -0.2) is 47.5 Å². The first kappa shape index (κ1) is 19.8. The van der Waals surface area contributed by atoms with Gasteiger partial charge in [0.15, 0.2) is 0 Å². The summed E-state index contributed by atoms with van der Waals surface area (Å²) >= 11 is 0. The fraction of sp³-hybridized carbons (Fsp3) is 0.526. The molecule has 2 rings (SSSR count). The van der Waals surface area contributed by atoms with Crippen molar-refractivity contribution >= 4 is 17.9 Å². The van der Waals surface area contributed by atoms with Gasteiger partial charge in [-0.2, -0.15) is 0 Å². The van der Waals surface area contributed by atoms with Crippen molar-refractivity contribution in [1.29, 1.82) is 0 Å². The van der Waals surface area contributed by atoms with Crippen LogP contribution in [0.5, 0.6) is 0 Å². The van der Waals surface area contributed by atoms with Crippen LogP contribution in [0.1, 0.15) is 49.0 Å². The molecule has 0 saturated carbocycles. The molecule has 142 valence electrons. The number of unbranched alkanes of at least 4 members (excludes halogenated alkanes) is 1. The summed E-state index contributed by atoms with van der Waals surface area (Å²) in [5.41, 5.74) is 0.598. The molecule has 26 heavy (non-hydrogen) atoms. The Morgan fingerprint density at radius 2 is 1.88 bits per heavy atom. The lowest BCUT2D eigenvalue weighted by Crippen LogP contribution is -2.40. The largest absolute Gasteiger partial charge is 0.481 e. The zero-order chi connectivity index (χ0) is 19.2. The molecule has 0 aromatic heterocycles. The molecule has 1 atom stereocenters. The summed E-state index contributed by atoms with van der Waals surface area (Å²) in [7, 11) is 0. The molecular weight excluding hydrogens is 334 g/mol. The highest BCUT2D eigenvalue weighted by Gasteiger charge is 2.42. The maximum atomic E-state index is 12.2. The third kappa shape index (κ3) is 4.97. The van der Waals surface area contributed by atoms with Crippen LogP contribution >= 0.6 is 0 Å². The summed E-state index contributed by atoms with van der Waals surface area (Å²) in [4.78, 5) is 36.9. The van der Waals surface area contributed by atoms with Gasteiger partial charge in [0.1, 0.15) is 0 Å². The van der Waals surface area contributed by atoms with Crippen LogP contribution in [0.25, 0.3) is 0 Å². The van der Waals surface area contributed by atoms with Crippen LogP contribution in [0.2, 0.25) is 0 Å². The van der Waals surface area contributed by atoms with Gasteiger partial charge in [-0.3, -0.25) is 9.59 Å². The van der Waals surface area contributed by atoms with Crippen LogP contribution in [0, 0.1) is 5.41 Å². The van der Waals surface area contributed by atoms with Crippen molar-refractivity contribution in [2.75, 3.05) is 19.6 Å². The number of nitrogens with one attached hydrogen (secondary N) is 2. The fourth-order valence-electron chi connectivity index (χ4n) is 2.85. The van der Waals surface area contributed by atoms with E-state index in [-0.39, 0.29) is 18.5 Å². The molecule has 7 nitrogen and oxygen atoms in total. The first-order valence-corrected chi connectivity index (χ1v) is 8.99. The smallest absolute Gasteiger partial charge is 0.317 e. The Balaban J connectivity index is 1.82. The van der Waals surface area contributed by atoms with Crippen LogP contribution in [-0.2, 0) is 11.3 Å². The van der Waals surface area contributed by atoms with Crippen LogP contribution in [0.4, 0.5) is 4.79 Å². The number of aliphatic carboxylic acids is 1. The van der Waals surface area contributed by atoms with E-state index in [1.165, 1.54) is 4.90 Å². The van der Waals surface area contributed by atoms with Crippen molar-refractivity contribution in [3.05, 3.63) is 35.4 Å². The number of benzene rings is 1. The van der Waals surface area contributed by atoms with E-state index in [1.54, 1.807) is 31.2 Å². The average molecular weight is 361 g/mol. The van der Waals surface area contributed by atoms with Gasteiger partial charge in [0.05, 0.1) is 5.41 Å². The number of hydrogen-bond acceptors (Lipinski definition) is 3.